The van der Waals surface area contributed by atoms with Gasteiger partial charge in [-0.3, -0.25) is 0 Å². The molecule has 2 rings (SSSR count). The summed E-state index contributed by atoms with van der Waals surface area (Å²) in [7, 11) is 1.33. The summed E-state index contributed by atoms with van der Waals surface area (Å²) in [6.45, 7) is 6.14. The molecule has 1 saturated heterocycles. The highest BCUT2D eigenvalue weighted by molar-refractivity contribution is 5.46. The van der Waals surface area contributed by atoms with E-state index in [9.17, 15) is 22.0 Å². The van der Waals surface area contributed by atoms with Crippen LogP contribution in [0.2, 0.25) is 0 Å². The van der Waals surface area contributed by atoms with Gasteiger partial charge in [-0.2, -0.15) is 13.2 Å². The zero-order valence-corrected chi connectivity index (χ0v) is 15.1. The highest BCUT2D eigenvalue weighted by Crippen LogP contribution is 2.38. The Morgan fingerprint density at radius 1 is 1.12 bits per heavy atom. The summed E-state index contributed by atoms with van der Waals surface area (Å²) >= 11 is 0. The van der Waals surface area contributed by atoms with Gasteiger partial charge in [0.15, 0.2) is 0 Å². The van der Waals surface area contributed by atoms with Crippen molar-refractivity contribution in [1.82, 2.24) is 4.90 Å². The quantitative estimate of drug-likeness (QED) is 0.668. The molecule has 0 spiro atoms. The molecule has 0 radical (unpaired) electrons. The lowest BCUT2D eigenvalue weighted by Crippen LogP contribution is -2.40. The first-order chi connectivity index (χ1) is 11.6. The van der Waals surface area contributed by atoms with Crippen LogP contribution < -0.4 is 4.74 Å². The largest absolute Gasteiger partial charge is 0.496 e. The van der Waals surface area contributed by atoms with Gasteiger partial charge in [0.2, 0.25) is 0 Å². The fourth-order valence-corrected chi connectivity index (χ4v) is 2.96. The van der Waals surface area contributed by atoms with Crippen LogP contribution in [0.5, 0.6) is 5.75 Å². The third-order valence-corrected chi connectivity index (χ3v) is 4.29. The average molecular weight is 367 g/mol. The molecule has 0 N–H and O–H groups in total. The molecule has 7 heteroatoms. The molecule has 0 saturated carbocycles. The van der Waals surface area contributed by atoms with Gasteiger partial charge in [0.25, 0.3) is 5.92 Å². The normalized spacial score (nSPS) is 17.6. The van der Waals surface area contributed by atoms with Crippen molar-refractivity contribution in [2.24, 2.45) is 0 Å². The Labute approximate surface area is 146 Å². The third kappa shape index (κ3) is 5.83. The van der Waals surface area contributed by atoms with Crippen molar-refractivity contribution >= 4 is 0 Å². The maximum Gasteiger partial charge on any atom is 0.417 e. The minimum atomic E-state index is -4.47. The van der Waals surface area contributed by atoms with E-state index in [0.717, 1.165) is 0 Å². The number of nitrogens with zero attached hydrogens (tertiary/aromatic N) is 1. The second kappa shape index (κ2) is 8.83. The molecule has 0 bridgehead atoms. The number of hydrogen-bond donors (Lipinski definition) is 0. The van der Waals surface area contributed by atoms with E-state index in [1.54, 1.807) is 4.90 Å². The van der Waals surface area contributed by atoms with Gasteiger partial charge in [0.1, 0.15) is 5.75 Å². The lowest BCUT2D eigenvalue weighted by molar-refractivity contribution is -0.138. The van der Waals surface area contributed by atoms with Crippen LogP contribution in [0.4, 0.5) is 22.0 Å². The van der Waals surface area contributed by atoms with E-state index in [2.05, 4.69) is 0 Å². The van der Waals surface area contributed by atoms with Crippen molar-refractivity contribution in [1.29, 1.82) is 0 Å². The van der Waals surface area contributed by atoms with Crippen molar-refractivity contribution in [3.05, 3.63) is 28.8 Å². The van der Waals surface area contributed by atoms with E-state index in [1.165, 1.54) is 26.2 Å². The molecule has 1 heterocycles. The van der Waals surface area contributed by atoms with Crippen molar-refractivity contribution in [3.63, 3.8) is 0 Å². The highest BCUT2D eigenvalue weighted by Gasteiger charge is 2.37. The zero-order chi connectivity index (χ0) is 19.3. The molecule has 25 heavy (non-hydrogen) atoms. The maximum atomic E-state index is 13.3. The summed E-state index contributed by atoms with van der Waals surface area (Å²) in [5, 5.41) is 0. The summed E-state index contributed by atoms with van der Waals surface area (Å²) in [5.74, 6) is -2.46. The molecule has 1 aromatic carbocycles. The van der Waals surface area contributed by atoms with Crippen LogP contribution in [0.15, 0.2) is 12.1 Å². The predicted molar refractivity (Wildman–Crippen MR) is 88.4 cm³/mol. The van der Waals surface area contributed by atoms with Crippen LogP contribution in [0.1, 0.15) is 43.4 Å². The van der Waals surface area contributed by atoms with Crippen molar-refractivity contribution in [3.8, 4) is 5.75 Å². The van der Waals surface area contributed by atoms with Gasteiger partial charge in [0, 0.05) is 38.0 Å². The van der Waals surface area contributed by atoms with E-state index in [4.69, 9.17) is 4.74 Å². The molecular formula is C18H26F5NO. The number of ether oxygens (including phenoxy) is 1. The minimum Gasteiger partial charge on any atom is -0.496 e. The van der Waals surface area contributed by atoms with E-state index in [0.29, 0.717) is 6.54 Å². The van der Waals surface area contributed by atoms with Crippen LogP contribution in [-0.2, 0) is 12.6 Å². The highest BCUT2D eigenvalue weighted by atomic mass is 19.4. The molecule has 1 aliphatic rings. The molecular weight excluding hydrogens is 341 g/mol. The molecule has 0 aromatic heterocycles. The Kier molecular flexibility index (Phi) is 7.65. The number of piperidine rings is 1. The summed E-state index contributed by atoms with van der Waals surface area (Å²) < 4.78 is 71.1. The molecule has 0 unspecified atom stereocenters. The Morgan fingerprint density at radius 2 is 1.68 bits per heavy atom. The SMILES string of the molecule is CC.COc1ccc(CCN2CCC(F)(F)CC2)c(C(F)(F)F)c1C. The van der Waals surface area contributed by atoms with Crippen LogP contribution in [-0.4, -0.2) is 37.6 Å². The second-order valence-electron chi connectivity index (χ2n) is 5.87. The fourth-order valence-electron chi connectivity index (χ4n) is 2.96. The first-order valence-electron chi connectivity index (χ1n) is 8.48. The molecule has 1 fully saturated rings. The number of halogens is 5. The number of likely N-dealkylation sites (tertiary alicyclic amines) is 1. The van der Waals surface area contributed by atoms with Crippen molar-refractivity contribution in [2.75, 3.05) is 26.7 Å². The summed E-state index contributed by atoms with van der Waals surface area (Å²) in [5.41, 5.74) is -0.449. The lowest BCUT2D eigenvalue weighted by Gasteiger charge is -2.32. The van der Waals surface area contributed by atoms with Crippen LogP contribution >= 0.6 is 0 Å². The fraction of sp³-hybridized carbons (Fsp3) is 0.667. The lowest BCUT2D eigenvalue weighted by atomic mass is 9.97. The van der Waals surface area contributed by atoms with Gasteiger partial charge in [-0.05, 0) is 25.0 Å². The van der Waals surface area contributed by atoms with Gasteiger partial charge >= 0.3 is 6.18 Å². The first-order valence-corrected chi connectivity index (χ1v) is 8.48. The van der Waals surface area contributed by atoms with E-state index >= 15 is 0 Å². The maximum absolute atomic E-state index is 13.3. The summed E-state index contributed by atoms with van der Waals surface area (Å²) in [4.78, 5) is 1.79. The van der Waals surface area contributed by atoms with Crippen LogP contribution in [0.25, 0.3) is 0 Å². The van der Waals surface area contributed by atoms with Gasteiger partial charge in [0.05, 0.1) is 12.7 Å². The van der Waals surface area contributed by atoms with Crippen LogP contribution in [0.3, 0.4) is 0 Å². The molecule has 1 aromatic rings. The monoisotopic (exact) mass is 367 g/mol. The molecule has 0 amide bonds. The topological polar surface area (TPSA) is 12.5 Å². The standard InChI is InChI=1S/C16H20F5NO.C2H6/c1-11-13(23-2)4-3-12(14(11)16(19,20)21)5-8-22-9-6-15(17,18)7-10-22;1-2/h3-4H,5-10H2,1-2H3;1-2H3. The second-order valence-corrected chi connectivity index (χ2v) is 5.87. The van der Waals surface area contributed by atoms with Crippen LogP contribution in [0, 0.1) is 6.92 Å². The van der Waals surface area contributed by atoms with E-state index < -0.39 is 17.7 Å². The molecule has 144 valence electrons. The summed E-state index contributed by atoms with van der Waals surface area (Å²) in [6.07, 6.45) is -4.77. The van der Waals surface area contributed by atoms with E-state index in [1.807, 2.05) is 13.8 Å². The van der Waals surface area contributed by atoms with Gasteiger partial charge in [-0.15, -0.1) is 0 Å². The Balaban J connectivity index is 0.00000151. The van der Waals surface area contributed by atoms with Gasteiger partial charge < -0.3 is 9.64 Å². The number of methoxy groups -OCH3 is 1. The molecule has 1 aliphatic heterocycles. The predicted octanol–water partition coefficient (Wildman–Crippen LogP) is 5.32. The zero-order valence-electron chi connectivity index (χ0n) is 15.1. The molecule has 2 nitrogen and oxygen atoms in total. The molecule has 0 atom stereocenters. The molecule has 0 aliphatic carbocycles. The first kappa shape index (κ1) is 21.7. The third-order valence-electron chi connectivity index (χ3n) is 4.29. The Bertz CT molecular complexity index is 547. The number of hydrogen-bond acceptors (Lipinski definition) is 2. The number of rotatable bonds is 4. The number of alkyl halides is 5. The minimum absolute atomic E-state index is 0.0580. The van der Waals surface area contributed by atoms with Gasteiger partial charge in [-0.25, -0.2) is 8.78 Å². The Morgan fingerprint density at radius 3 is 2.16 bits per heavy atom. The van der Waals surface area contributed by atoms with E-state index in [-0.39, 0.29) is 49.2 Å². The number of benzene rings is 1. The smallest absolute Gasteiger partial charge is 0.417 e. The van der Waals surface area contributed by atoms with Crippen molar-refractivity contribution in [2.45, 2.75) is 52.1 Å². The Hall–Kier alpha value is -1.37. The van der Waals surface area contributed by atoms with Crippen molar-refractivity contribution < 1.29 is 26.7 Å². The summed E-state index contributed by atoms with van der Waals surface area (Å²) in [6, 6.07) is 2.93. The average Bonchev–Trinajstić information content (AvgIpc) is 2.54. The van der Waals surface area contributed by atoms with Gasteiger partial charge in [-0.1, -0.05) is 19.9 Å².